The van der Waals surface area contributed by atoms with Crippen molar-refractivity contribution in [1.82, 2.24) is 0 Å². The average molecular weight is 221 g/mol. The molecule has 0 aliphatic carbocycles. The van der Waals surface area contributed by atoms with Crippen molar-refractivity contribution in [3.8, 4) is 0 Å². The zero-order chi connectivity index (χ0) is 11.4. The average Bonchev–Trinajstić information content (AvgIpc) is 2.81. The summed E-state index contributed by atoms with van der Waals surface area (Å²) in [6.45, 7) is 2.99. The second-order valence-electron chi connectivity index (χ2n) is 4.30. The number of benzene rings is 1. The van der Waals surface area contributed by atoms with Gasteiger partial charge < -0.3 is 15.2 Å². The molecule has 0 radical (unpaired) electrons. The number of aliphatic hydroxyl groups excluding tert-OH is 1. The Hall–Kier alpha value is -1.06. The number of rotatable bonds is 4. The molecule has 1 aliphatic rings. The fraction of sp³-hybridized carbons (Fsp3) is 0.538. The summed E-state index contributed by atoms with van der Waals surface area (Å²) < 4.78 is 5.60. The highest BCUT2D eigenvalue weighted by Gasteiger charge is 2.25. The molecule has 2 rings (SSSR count). The molecule has 2 unspecified atom stereocenters. The van der Waals surface area contributed by atoms with Crippen molar-refractivity contribution in [1.29, 1.82) is 0 Å². The van der Waals surface area contributed by atoms with Crippen LogP contribution in [-0.2, 0) is 4.74 Å². The van der Waals surface area contributed by atoms with Crippen LogP contribution < -0.4 is 5.32 Å². The van der Waals surface area contributed by atoms with Crippen molar-refractivity contribution in [3.05, 3.63) is 29.8 Å². The van der Waals surface area contributed by atoms with Crippen molar-refractivity contribution >= 4 is 5.69 Å². The van der Waals surface area contributed by atoms with Gasteiger partial charge in [-0.15, -0.1) is 0 Å². The first-order chi connectivity index (χ1) is 7.81. The second-order valence-corrected chi connectivity index (χ2v) is 4.30. The van der Waals surface area contributed by atoms with Crippen LogP contribution >= 0.6 is 0 Å². The number of para-hydroxylation sites is 1. The molecule has 16 heavy (non-hydrogen) atoms. The first kappa shape index (κ1) is 11.4. The van der Waals surface area contributed by atoms with Gasteiger partial charge in [0.2, 0.25) is 0 Å². The largest absolute Gasteiger partial charge is 0.394 e. The van der Waals surface area contributed by atoms with Crippen LogP contribution in [0.5, 0.6) is 0 Å². The lowest BCUT2D eigenvalue weighted by Crippen LogP contribution is -2.36. The van der Waals surface area contributed by atoms with E-state index in [1.807, 2.05) is 18.2 Å². The molecule has 2 N–H and O–H groups in total. The van der Waals surface area contributed by atoms with E-state index in [-0.39, 0.29) is 18.8 Å². The zero-order valence-electron chi connectivity index (χ0n) is 9.65. The molecule has 3 heteroatoms. The maximum Gasteiger partial charge on any atom is 0.0799 e. The number of aryl methyl sites for hydroxylation is 1. The Kier molecular flexibility index (Phi) is 3.80. The summed E-state index contributed by atoms with van der Waals surface area (Å²) in [6, 6.07) is 8.11. The van der Waals surface area contributed by atoms with Crippen LogP contribution in [0.2, 0.25) is 0 Å². The number of nitrogens with one attached hydrogen (secondary N) is 1. The first-order valence-corrected chi connectivity index (χ1v) is 5.86. The highest BCUT2D eigenvalue weighted by Crippen LogP contribution is 2.21. The highest BCUT2D eigenvalue weighted by atomic mass is 16.5. The number of hydrogen-bond donors (Lipinski definition) is 2. The van der Waals surface area contributed by atoms with E-state index in [2.05, 4.69) is 18.3 Å². The van der Waals surface area contributed by atoms with Gasteiger partial charge in [0.25, 0.3) is 0 Å². The predicted octanol–water partition coefficient (Wildman–Crippen LogP) is 1.95. The SMILES string of the molecule is Cc1ccccc1NC(CO)C1CCCO1. The van der Waals surface area contributed by atoms with E-state index in [0.717, 1.165) is 25.1 Å². The van der Waals surface area contributed by atoms with Crippen LogP contribution in [0.15, 0.2) is 24.3 Å². The van der Waals surface area contributed by atoms with E-state index in [4.69, 9.17) is 4.74 Å². The molecule has 1 fully saturated rings. The molecular formula is C13H19NO2. The van der Waals surface area contributed by atoms with Gasteiger partial charge in [-0.25, -0.2) is 0 Å². The van der Waals surface area contributed by atoms with Crippen LogP contribution in [0.25, 0.3) is 0 Å². The van der Waals surface area contributed by atoms with Gasteiger partial charge in [0.15, 0.2) is 0 Å². The van der Waals surface area contributed by atoms with Crippen molar-refractivity contribution < 1.29 is 9.84 Å². The van der Waals surface area contributed by atoms with Crippen LogP contribution in [0, 0.1) is 6.92 Å². The molecule has 2 atom stereocenters. The molecule has 0 amide bonds. The minimum Gasteiger partial charge on any atom is -0.394 e. The molecule has 1 heterocycles. The monoisotopic (exact) mass is 221 g/mol. The molecule has 88 valence electrons. The molecule has 0 spiro atoms. The summed E-state index contributed by atoms with van der Waals surface area (Å²) in [5.41, 5.74) is 2.27. The Bertz CT molecular complexity index is 334. The number of aliphatic hydroxyl groups is 1. The van der Waals surface area contributed by atoms with E-state index in [0.29, 0.717) is 0 Å². The van der Waals surface area contributed by atoms with E-state index < -0.39 is 0 Å². The summed E-state index contributed by atoms with van der Waals surface area (Å²) >= 11 is 0. The number of anilines is 1. The number of hydrogen-bond acceptors (Lipinski definition) is 3. The molecule has 1 aromatic carbocycles. The van der Waals surface area contributed by atoms with Crippen molar-refractivity contribution in [2.75, 3.05) is 18.5 Å². The molecule has 0 aromatic heterocycles. The van der Waals surface area contributed by atoms with Gasteiger partial charge in [-0.2, -0.15) is 0 Å². The fourth-order valence-corrected chi connectivity index (χ4v) is 2.11. The lowest BCUT2D eigenvalue weighted by molar-refractivity contribution is 0.0758. The Morgan fingerprint density at radius 2 is 2.31 bits per heavy atom. The van der Waals surface area contributed by atoms with Gasteiger partial charge in [0.1, 0.15) is 0 Å². The van der Waals surface area contributed by atoms with Crippen molar-refractivity contribution in [2.24, 2.45) is 0 Å². The Labute approximate surface area is 96.4 Å². The minimum atomic E-state index is 0.00333. The predicted molar refractivity (Wildman–Crippen MR) is 64.6 cm³/mol. The standard InChI is InChI=1S/C13H19NO2/c1-10-5-2-3-6-11(10)14-12(9-15)13-7-4-8-16-13/h2-3,5-6,12-15H,4,7-9H2,1H3. The van der Waals surface area contributed by atoms with E-state index in [1.54, 1.807) is 0 Å². The summed E-state index contributed by atoms with van der Waals surface area (Å²) in [4.78, 5) is 0. The Balaban J connectivity index is 2.03. The van der Waals surface area contributed by atoms with Gasteiger partial charge in [-0.3, -0.25) is 0 Å². The smallest absolute Gasteiger partial charge is 0.0799 e. The van der Waals surface area contributed by atoms with Crippen LogP contribution in [0.3, 0.4) is 0 Å². The van der Waals surface area contributed by atoms with E-state index in [1.165, 1.54) is 5.56 Å². The Morgan fingerprint density at radius 1 is 1.50 bits per heavy atom. The fourth-order valence-electron chi connectivity index (χ4n) is 2.11. The quantitative estimate of drug-likeness (QED) is 0.816. The zero-order valence-corrected chi connectivity index (χ0v) is 9.65. The van der Waals surface area contributed by atoms with Crippen LogP contribution in [0.1, 0.15) is 18.4 Å². The third-order valence-electron chi connectivity index (χ3n) is 3.10. The van der Waals surface area contributed by atoms with Crippen molar-refractivity contribution in [3.63, 3.8) is 0 Å². The van der Waals surface area contributed by atoms with Gasteiger partial charge >= 0.3 is 0 Å². The van der Waals surface area contributed by atoms with Gasteiger partial charge in [-0.05, 0) is 31.4 Å². The molecule has 1 aromatic rings. The van der Waals surface area contributed by atoms with Crippen LogP contribution in [-0.4, -0.2) is 30.5 Å². The topological polar surface area (TPSA) is 41.5 Å². The van der Waals surface area contributed by atoms with Gasteiger partial charge in [0, 0.05) is 12.3 Å². The summed E-state index contributed by atoms with van der Waals surface area (Å²) in [6.07, 6.45) is 2.27. The van der Waals surface area contributed by atoms with Gasteiger partial charge in [0.05, 0.1) is 18.8 Å². The lowest BCUT2D eigenvalue weighted by Gasteiger charge is -2.24. The summed E-state index contributed by atoms with van der Waals surface area (Å²) in [5.74, 6) is 0. The summed E-state index contributed by atoms with van der Waals surface area (Å²) in [7, 11) is 0. The maximum absolute atomic E-state index is 9.40. The normalized spacial score (nSPS) is 22.0. The second kappa shape index (κ2) is 5.32. The molecule has 0 saturated carbocycles. The summed E-state index contributed by atoms with van der Waals surface area (Å²) in [5, 5.41) is 12.8. The van der Waals surface area contributed by atoms with Crippen molar-refractivity contribution in [2.45, 2.75) is 31.9 Å². The lowest BCUT2D eigenvalue weighted by atomic mass is 10.1. The molecule has 0 bridgehead atoms. The van der Waals surface area contributed by atoms with Crippen LogP contribution in [0.4, 0.5) is 5.69 Å². The molecule has 3 nitrogen and oxygen atoms in total. The van der Waals surface area contributed by atoms with Gasteiger partial charge in [-0.1, -0.05) is 18.2 Å². The first-order valence-electron chi connectivity index (χ1n) is 5.86. The number of ether oxygens (including phenoxy) is 1. The van der Waals surface area contributed by atoms with E-state index in [9.17, 15) is 5.11 Å². The molecule has 1 aliphatic heterocycles. The third-order valence-corrected chi connectivity index (χ3v) is 3.10. The maximum atomic E-state index is 9.40. The Morgan fingerprint density at radius 3 is 2.94 bits per heavy atom. The van der Waals surface area contributed by atoms with E-state index >= 15 is 0 Å². The molecular weight excluding hydrogens is 202 g/mol. The molecule has 1 saturated heterocycles. The third kappa shape index (κ3) is 2.54. The minimum absolute atomic E-state index is 0.00333. The highest BCUT2D eigenvalue weighted by molar-refractivity contribution is 5.51.